The van der Waals surface area contributed by atoms with Crippen LogP contribution in [0.4, 0.5) is 0 Å². The van der Waals surface area contributed by atoms with Crippen molar-refractivity contribution in [2.45, 2.75) is 45.6 Å². The highest BCUT2D eigenvalue weighted by atomic mass is 16.2. The standard InChI is InChI=1S/C14H22N2O3/c1-9(2)6-12-13(18)15-4-3-5-16(12)14(19)10-7-11(17)8-10/h9-10,12H,3-8H2,1-2H3,(H,15,18). The molecular weight excluding hydrogens is 244 g/mol. The first-order chi connectivity index (χ1) is 8.99. The number of amides is 2. The molecule has 2 rings (SSSR count). The second-order valence-corrected chi connectivity index (χ2v) is 5.97. The zero-order chi connectivity index (χ0) is 14.0. The van der Waals surface area contributed by atoms with Crippen molar-refractivity contribution in [1.29, 1.82) is 0 Å². The highest BCUT2D eigenvalue weighted by Crippen LogP contribution is 2.27. The number of ketones is 1. The van der Waals surface area contributed by atoms with Gasteiger partial charge >= 0.3 is 0 Å². The van der Waals surface area contributed by atoms with E-state index < -0.39 is 0 Å². The van der Waals surface area contributed by atoms with Crippen LogP contribution in [0.15, 0.2) is 0 Å². The molecule has 2 amide bonds. The molecule has 1 saturated heterocycles. The highest BCUT2D eigenvalue weighted by Gasteiger charge is 2.40. The lowest BCUT2D eigenvalue weighted by Crippen LogP contribution is -2.51. The van der Waals surface area contributed by atoms with Crippen molar-refractivity contribution in [3.63, 3.8) is 0 Å². The molecule has 0 radical (unpaired) electrons. The Morgan fingerprint density at radius 1 is 1.37 bits per heavy atom. The van der Waals surface area contributed by atoms with Gasteiger partial charge in [-0.15, -0.1) is 0 Å². The summed E-state index contributed by atoms with van der Waals surface area (Å²) in [5.41, 5.74) is 0. The molecule has 1 aliphatic carbocycles. The Labute approximate surface area is 113 Å². The van der Waals surface area contributed by atoms with Crippen molar-refractivity contribution in [2.24, 2.45) is 11.8 Å². The lowest BCUT2D eigenvalue weighted by atomic mass is 9.82. The third-order valence-electron chi connectivity index (χ3n) is 3.83. The molecule has 1 unspecified atom stereocenters. The normalized spacial score (nSPS) is 25.0. The first kappa shape index (κ1) is 14.0. The number of nitrogens with one attached hydrogen (secondary N) is 1. The van der Waals surface area contributed by atoms with E-state index >= 15 is 0 Å². The SMILES string of the molecule is CC(C)CC1C(=O)NCCCN1C(=O)C1CC(=O)C1. The average molecular weight is 266 g/mol. The summed E-state index contributed by atoms with van der Waals surface area (Å²) in [5, 5.41) is 2.87. The second-order valence-electron chi connectivity index (χ2n) is 5.97. The maximum absolute atomic E-state index is 12.4. The summed E-state index contributed by atoms with van der Waals surface area (Å²) in [7, 11) is 0. The molecule has 0 spiro atoms. The number of hydrogen-bond acceptors (Lipinski definition) is 3. The van der Waals surface area contributed by atoms with E-state index in [1.807, 2.05) is 13.8 Å². The van der Waals surface area contributed by atoms with E-state index in [9.17, 15) is 14.4 Å². The van der Waals surface area contributed by atoms with Gasteiger partial charge in [0.25, 0.3) is 0 Å². The van der Waals surface area contributed by atoms with E-state index in [1.54, 1.807) is 4.90 Å². The van der Waals surface area contributed by atoms with Crippen molar-refractivity contribution >= 4 is 17.6 Å². The number of hydrogen-bond donors (Lipinski definition) is 1. The molecule has 106 valence electrons. The molecule has 1 aliphatic heterocycles. The number of carbonyl (C=O) groups is 3. The number of rotatable bonds is 3. The highest BCUT2D eigenvalue weighted by molar-refractivity contribution is 5.98. The smallest absolute Gasteiger partial charge is 0.242 e. The Bertz CT molecular complexity index is 384. The molecule has 1 heterocycles. The van der Waals surface area contributed by atoms with Gasteiger partial charge in [-0.25, -0.2) is 0 Å². The molecule has 1 atom stereocenters. The van der Waals surface area contributed by atoms with E-state index in [2.05, 4.69) is 5.32 Å². The van der Waals surface area contributed by atoms with Crippen molar-refractivity contribution < 1.29 is 14.4 Å². The second kappa shape index (κ2) is 5.72. The Kier molecular flexibility index (Phi) is 4.22. The molecule has 0 aromatic heterocycles. The van der Waals surface area contributed by atoms with Crippen LogP contribution in [0, 0.1) is 11.8 Å². The molecule has 0 aromatic carbocycles. The van der Waals surface area contributed by atoms with Crippen molar-refractivity contribution in [3.8, 4) is 0 Å². The molecule has 19 heavy (non-hydrogen) atoms. The fraction of sp³-hybridized carbons (Fsp3) is 0.786. The van der Waals surface area contributed by atoms with Crippen LogP contribution < -0.4 is 5.32 Å². The molecule has 0 aromatic rings. The summed E-state index contributed by atoms with van der Waals surface area (Å²) in [5.74, 6) is 0.255. The third kappa shape index (κ3) is 3.14. The number of carbonyl (C=O) groups excluding carboxylic acids is 3. The van der Waals surface area contributed by atoms with Gasteiger partial charge in [-0.2, -0.15) is 0 Å². The van der Waals surface area contributed by atoms with E-state index in [0.29, 0.717) is 38.3 Å². The van der Waals surface area contributed by atoms with Gasteiger partial charge in [-0.3, -0.25) is 14.4 Å². The van der Waals surface area contributed by atoms with Gasteiger partial charge in [0.1, 0.15) is 11.8 Å². The van der Waals surface area contributed by atoms with Crippen LogP contribution in [-0.4, -0.2) is 41.6 Å². The summed E-state index contributed by atoms with van der Waals surface area (Å²) >= 11 is 0. The lowest BCUT2D eigenvalue weighted by molar-refractivity contribution is -0.149. The minimum Gasteiger partial charge on any atom is -0.354 e. The van der Waals surface area contributed by atoms with Gasteiger partial charge in [0.15, 0.2) is 0 Å². The van der Waals surface area contributed by atoms with E-state index in [-0.39, 0.29) is 29.6 Å². The molecule has 2 fully saturated rings. The van der Waals surface area contributed by atoms with Gasteiger partial charge in [0, 0.05) is 25.9 Å². The van der Waals surface area contributed by atoms with Crippen LogP contribution in [0.2, 0.25) is 0 Å². The quantitative estimate of drug-likeness (QED) is 0.819. The zero-order valence-electron chi connectivity index (χ0n) is 11.6. The van der Waals surface area contributed by atoms with Crippen LogP contribution in [0.1, 0.15) is 39.5 Å². The Morgan fingerprint density at radius 3 is 2.63 bits per heavy atom. The molecule has 1 N–H and O–H groups in total. The van der Waals surface area contributed by atoms with Crippen LogP contribution in [-0.2, 0) is 14.4 Å². The van der Waals surface area contributed by atoms with Crippen molar-refractivity contribution in [2.75, 3.05) is 13.1 Å². The Balaban J connectivity index is 2.10. The molecule has 2 aliphatic rings. The summed E-state index contributed by atoms with van der Waals surface area (Å²) in [6.45, 7) is 5.34. The molecule has 1 saturated carbocycles. The maximum Gasteiger partial charge on any atom is 0.242 e. The predicted molar refractivity (Wildman–Crippen MR) is 70.3 cm³/mol. The van der Waals surface area contributed by atoms with Crippen LogP contribution in [0.25, 0.3) is 0 Å². The minimum atomic E-state index is -0.370. The lowest BCUT2D eigenvalue weighted by Gasteiger charge is -2.34. The van der Waals surface area contributed by atoms with Gasteiger partial charge in [0.2, 0.25) is 11.8 Å². The first-order valence-electron chi connectivity index (χ1n) is 7.09. The van der Waals surface area contributed by atoms with Gasteiger partial charge < -0.3 is 10.2 Å². The van der Waals surface area contributed by atoms with Gasteiger partial charge in [-0.1, -0.05) is 13.8 Å². The van der Waals surface area contributed by atoms with Crippen molar-refractivity contribution in [3.05, 3.63) is 0 Å². The first-order valence-corrected chi connectivity index (χ1v) is 7.09. The number of nitrogens with zero attached hydrogens (tertiary/aromatic N) is 1. The van der Waals surface area contributed by atoms with Crippen LogP contribution in [0.3, 0.4) is 0 Å². The number of Topliss-reactive ketones (excluding diaryl/α,β-unsaturated/α-hetero) is 1. The zero-order valence-corrected chi connectivity index (χ0v) is 11.6. The molecule has 0 bridgehead atoms. The van der Waals surface area contributed by atoms with E-state index in [0.717, 1.165) is 6.42 Å². The summed E-state index contributed by atoms with van der Waals surface area (Å²) in [4.78, 5) is 37.2. The van der Waals surface area contributed by atoms with E-state index in [1.165, 1.54) is 0 Å². The topological polar surface area (TPSA) is 66.5 Å². The molecule has 5 heteroatoms. The summed E-state index contributed by atoms with van der Waals surface area (Å²) in [6.07, 6.45) is 2.17. The van der Waals surface area contributed by atoms with Crippen LogP contribution in [0.5, 0.6) is 0 Å². The fourth-order valence-electron chi connectivity index (χ4n) is 2.72. The predicted octanol–water partition coefficient (Wildman–Crippen LogP) is 0.729. The monoisotopic (exact) mass is 266 g/mol. The van der Waals surface area contributed by atoms with E-state index in [4.69, 9.17) is 0 Å². The molecule has 5 nitrogen and oxygen atoms in total. The third-order valence-corrected chi connectivity index (χ3v) is 3.83. The summed E-state index contributed by atoms with van der Waals surface area (Å²) < 4.78 is 0. The average Bonchev–Trinajstić information content (AvgIpc) is 2.47. The van der Waals surface area contributed by atoms with Crippen molar-refractivity contribution in [1.82, 2.24) is 10.2 Å². The Hall–Kier alpha value is -1.39. The van der Waals surface area contributed by atoms with Gasteiger partial charge in [-0.05, 0) is 18.8 Å². The summed E-state index contributed by atoms with van der Waals surface area (Å²) in [6, 6.07) is -0.370. The maximum atomic E-state index is 12.4. The van der Waals surface area contributed by atoms with Crippen LogP contribution >= 0.6 is 0 Å². The molecular formula is C14H22N2O3. The fourth-order valence-corrected chi connectivity index (χ4v) is 2.72. The Morgan fingerprint density at radius 2 is 2.05 bits per heavy atom. The van der Waals surface area contributed by atoms with Gasteiger partial charge in [0.05, 0.1) is 5.92 Å². The minimum absolute atomic E-state index is 0.0118. The largest absolute Gasteiger partial charge is 0.354 e.